The summed E-state index contributed by atoms with van der Waals surface area (Å²) in [6.45, 7) is 3.84. The zero-order valence-electron chi connectivity index (χ0n) is 8.59. The summed E-state index contributed by atoms with van der Waals surface area (Å²) in [5.41, 5.74) is 4.27. The van der Waals surface area contributed by atoms with E-state index in [0.29, 0.717) is 0 Å². The minimum atomic E-state index is -0.194. The van der Waals surface area contributed by atoms with Gasteiger partial charge in [-0.25, -0.2) is 0 Å². The summed E-state index contributed by atoms with van der Waals surface area (Å²) in [7, 11) is 0. The third kappa shape index (κ3) is 1.97. The van der Waals surface area contributed by atoms with Gasteiger partial charge in [0.1, 0.15) is 0 Å². The molecular weight excluding hydrogens is 174 g/mol. The van der Waals surface area contributed by atoms with Crippen LogP contribution < -0.4 is 5.32 Å². The molecule has 0 amide bonds. The largest absolute Gasteiger partial charge is 0.393 e. The Hall–Kier alpha value is -0.860. The number of fused-ring (bicyclic) bond motifs is 1. The number of benzene rings is 1. The van der Waals surface area contributed by atoms with Crippen molar-refractivity contribution in [3.63, 3.8) is 0 Å². The van der Waals surface area contributed by atoms with Gasteiger partial charge < -0.3 is 10.4 Å². The summed E-state index contributed by atoms with van der Waals surface area (Å²) < 4.78 is 0. The minimum absolute atomic E-state index is 0.194. The zero-order valence-corrected chi connectivity index (χ0v) is 8.59. The van der Waals surface area contributed by atoms with E-state index in [1.165, 1.54) is 16.7 Å². The highest BCUT2D eigenvalue weighted by molar-refractivity contribution is 5.37. The highest BCUT2D eigenvalue weighted by atomic mass is 16.3. The monoisotopic (exact) mass is 191 g/mol. The number of rotatable bonds is 3. The zero-order chi connectivity index (χ0) is 9.97. The van der Waals surface area contributed by atoms with Crippen molar-refractivity contribution >= 4 is 0 Å². The SMILES string of the molecule is CC(O)CCc1cccc2c1CNC2. The average Bonchev–Trinajstić information content (AvgIpc) is 2.62. The maximum absolute atomic E-state index is 9.25. The van der Waals surface area contributed by atoms with Crippen LogP contribution >= 0.6 is 0 Å². The molecule has 2 heteroatoms. The van der Waals surface area contributed by atoms with E-state index < -0.39 is 0 Å². The Morgan fingerprint density at radius 3 is 3.07 bits per heavy atom. The summed E-state index contributed by atoms with van der Waals surface area (Å²) in [5.74, 6) is 0. The van der Waals surface area contributed by atoms with Gasteiger partial charge >= 0.3 is 0 Å². The summed E-state index contributed by atoms with van der Waals surface area (Å²) in [5, 5.41) is 12.6. The van der Waals surface area contributed by atoms with Gasteiger partial charge in [-0.2, -0.15) is 0 Å². The summed E-state index contributed by atoms with van der Waals surface area (Å²) >= 11 is 0. The number of hydrogen-bond acceptors (Lipinski definition) is 2. The predicted octanol–water partition coefficient (Wildman–Crippen LogP) is 1.60. The molecule has 0 aliphatic carbocycles. The number of aliphatic hydroxyl groups excluding tert-OH is 1. The van der Waals surface area contributed by atoms with Crippen LogP contribution in [-0.2, 0) is 19.5 Å². The second kappa shape index (κ2) is 4.11. The third-order valence-electron chi connectivity index (χ3n) is 2.82. The van der Waals surface area contributed by atoms with Crippen LogP contribution in [0.15, 0.2) is 18.2 Å². The molecule has 1 unspecified atom stereocenters. The molecule has 1 aromatic rings. The average molecular weight is 191 g/mol. The molecule has 1 aliphatic heterocycles. The van der Waals surface area contributed by atoms with Crippen molar-refractivity contribution in [2.45, 2.75) is 39.0 Å². The molecule has 14 heavy (non-hydrogen) atoms. The third-order valence-corrected chi connectivity index (χ3v) is 2.82. The smallest absolute Gasteiger partial charge is 0.0515 e. The molecule has 2 rings (SSSR count). The molecule has 1 heterocycles. The molecule has 2 nitrogen and oxygen atoms in total. The Morgan fingerprint density at radius 2 is 2.29 bits per heavy atom. The van der Waals surface area contributed by atoms with Crippen LogP contribution in [0.3, 0.4) is 0 Å². The number of aliphatic hydroxyl groups is 1. The molecule has 0 saturated carbocycles. The molecule has 0 spiro atoms. The molecule has 1 aliphatic rings. The Balaban J connectivity index is 2.14. The van der Waals surface area contributed by atoms with Gasteiger partial charge in [-0.15, -0.1) is 0 Å². The molecular formula is C12H17NO. The number of hydrogen-bond donors (Lipinski definition) is 2. The highest BCUT2D eigenvalue weighted by Gasteiger charge is 2.13. The number of aryl methyl sites for hydroxylation is 1. The van der Waals surface area contributed by atoms with E-state index >= 15 is 0 Å². The van der Waals surface area contributed by atoms with Crippen molar-refractivity contribution in [1.82, 2.24) is 5.32 Å². The first-order valence-electron chi connectivity index (χ1n) is 5.26. The fourth-order valence-corrected chi connectivity index (χ4v) is 2.00. The molecule has 0 saturated heterocycles. The molecule has 2 N–H and O–H groups in total. The van der Waals surface area contributed by atoms with Gasteiger partial charge in [0.15, 0.2) is 0 Å². The Morgan fingerprint density at radius 1 is 1.43 bits per heavy atom. The maximum atomic E-state index is 9.25. The fraction of sp³-hybridized carbons (Fsp3) is 0.500. The van der Waals surface area contributed by atoms with Gasteiger partial charge in [-0.1, -0.05) is 18.2 Å². The van der Waals surface area contributed by atoms with E-state index in [2.05, 4.69) is 23.5 Å². The first-order chi connectivity index (χ1) is 6.77. The molecule has 1 aromatic carbocycles. The fourth-order valence-electron chi connectivity index (χ4n) is 2.00. The van der Waals surface area contributed by atoms with Crippen molar-refractivity contribution in [2.75, 3.05) is 0 Å². The Kier molecular flexibility index (Phi) is 2.85. The van der Waals surface area contributed by atoms with Crippen LogP contribution in [0, 0.1) is 0 Å². The summed E-state index contributed by atoms with van der Waals surface area (Å²) in [4.78, 5) is 0. The maximum Gasteiger partial charge on any atom is 0.0515 e. The normalized spacial score (nSPS) is 16.7. The van der Waals surface area contributed by atoms with Crippen LogP contribution in [0.25, 0.3) is 0 Å². The van der Waals surface area contributed by atoms with Crippen LogP contribution in [0.4, 0.5) is 0 Å². The first kappa shape index (κ1) is 9.69. The second-order valence-corrected chi connectivity index (χ2v) is 4.05. The van der Waals surface area contributed by atoms with Crippen LogP contribution in [0.2, 0.25) is 0 Å². The molecule has 0 bridgehead atoms. The van der Waals surface area contributed by atoms with Crippen molar-refractivity contribution in [1.29, 1.82) is 0 Å². The topological polar surface area (TPSA) is 32.3 Å². The van der Waals surface area contributed by atoms with E-state index in [1.54, 1.807) is 0 Å². The van der Waals surface area contributed by atoms with Crippen molar-refractivity contribution < 1.29 is 5.11 Å². The van der Waals surface area contributed by atoms with Gasteiger partial charge in [-0.05, 0) is 36.5 Å². The lowest BCUT2D eigenvalue weighted by atomic mass is 9.99. The molecule has 0 aromatic heterocycles. The lowest BCUT2D eigenvalue weighted by Gasteiger charge is -2.08. The van der Waals surface area contributed by atoms with Crippen molar-refractivity contribution in [2.24, 2.45) is 0 Å². The van der Waals surface area contributed by atoms with E-state index in [9.17, 15) is 5.11 Å². The van der Waals surface area contributed by atoms with E-state index in [4.69, 9.17) is 0 Å². The van der Waals surface area contributed by atoms with E-state index in [1.807, 2.05) is 6.92 Å². The highest BCUT2D eigenvalue weighted by Crippen LogP contribution is 2.21. The lowest BCUT2D eigenvalue weighted by Crippen LogP contribution is -2.04. The Bertz CT molecular complexity index is 320. The van der Waals surface area contributed by atoms with Gasteiger partial charge in [-0.3, -0.25) is 0 Å². The Labute approximate surface area is 85.0 Å². The van der Waals surface area contributed by atoms with Gasteiger partial charge in [0, 0.05) is 13.1 Å². The van der Waals surface area contributed by atoms with Crippen LogP contribution in [0.1, 0.15) is 30.0 Å². The standard InChI is InChI=1S/C12H17NO/c1-9(14)5-6-10-3-2-4-11-7-13-8-12(10)11/h2-4,9,13-14H,5-8H2,1H3. The van der Waals surface area contributed by atoms with Crippen molar-refractivity contribution in [3.05, 3.63) is 34.9 Å². The minimum Gasteiger partial charge on any atom is -0.393 e. The van der Waals surface area contributed by atoms with Crippen LogP contribution in [-0.4, -0.2) is 11.2 Å². The molecule has 0 fully saturated rings. The lowest BCUT2D eigenvalue weighted by molar-refractivity contribution is 0.185. The van der Waals surface area contributed by atoms with Crippen molar-refractivity contribution in [3.8, 4) is 0 Å². The quantitative estimate of drug-likeness (QED) is 0.760. The second-order valence-electron chi connectivity index (χ2n) is 4.05. The molecule has 76 valence electrons. The van der Waals surface area contributed by atoms with Gasteiger partial charge in [0.05, 0.1) is 6.10 Å². The van der Waals surface area contributed by atoms with E-state index in [-0.39, 0.29) is 6.10 Å². The molecule has 0 radical (unpaired) electrons. The predicted molar refractivity (Wildman–Crippen MR) is 57.0 cm³/mol. The number of nitrogens with one attached hydrogen (secondary N) is 1. The summed E-state index contributed by atoms with van der Waals surface area (Å²) in [6.07, 6.45) is 1.65. The first-order valence-corrected chi connectivity index (χ1v) is 5.26. The van der Waals surface area contributed by atoms with Gasteiger partial charge in [0.2, 0.25) is 0 Å². The van der Waals surface area contributed by atoms with Gasteiger partial charge in [0.25, 0.3) is 0 Å². The molecule has 1 atom stereocenters. The van der Waals surface area contributed by atoms with Crippen LogP contribution in [0.5, 0.6) is 0 Å². The summed E-state index contributed by atoms with van der Waals surface area (Å²) in [6, 6.07) is 6.47. The van der Waals surface area contributed by atoms with E-state index in [0.717, 1.165) is 25.9 Å².